The van der Waals surface area contributed by atoms with E-state index in [2.05, 4.69) is 5.92 Å². The maximum atomic E-state index is 10.8. The van der Waals surface area contributed by atoms with Crippen molar-refractivity contribution in [2.75, 3.05) is 26.7 Å². The summed E-state index contributed by atoms with van der Waals surface area (Å²) in [4.78, 5) is 12.5. The molecule has 0 aliphatic rings. The lowest BCUT2D eigenvalue weighted by Gasteiger charge is -2.10. The van der Waals surface area contributed by atoms with Gasteiger partial charge in [0, 0.05) is 0 Å². The van der Waals surface area contributed by atoms with Crippen LogP contribution in [0.25, 0.3) is 0 Å². The molecule has 0 aliphatic carbocycles. The molecule has 0 bridgehead atoms. The molecule has 0 heterocycles. The number of likely N-dealkylation sites (N-methyl/N-ethyl adjacent to an activating group) is 1. The summed E-state index contributed by atoms with van der Waals surface area (Å²) in [5.74, 6) is 2.20. The largest absolute Gasteiger partial charge is 0.465 e. The molecule has 11 heavy (non-hydrogen) atoms. The first-order chi connectivity index (χ1) is 5.20. The van der Waals surface area contributed by atoms with Crippen LogP contribution in [-0.4, -0.2) is 37.6 Å². The monoisotopic (exact) mass is 155 g/mol. The van der Waals surface area contributed by atoms with Crippen LogP contribution in [0.2, 0.25) is 0 Å². The van der Waals surface area contributed by atoms with Crippen molar-refractivity contribution >= 4 is 5.97 Å². The number of carbonyl (C=O) groups is 1. The number of esters is 1. The summed E-state index contributed by atoms with van der Waals surface area (Å²) in [6.45, 7) is 2.93. The zero-order valence-electron chi connectivity index (χ0n) is 6.96. The number of rotatable bonds is 4. The molecule has 0 aromatic heterocycles. The highest BCUT2D eigenvalue weighted by Gasteiger charge is 2.04. The molecule has 3 nitrogen and oxygen atoms in total. The van der Waals surface area contributed by atoms with Gasteiger partial charge in [-0.2, -0.15) is 0 Å². The first kappa shape index (κ1) is 9.99. The van der Waals surface area contributed by atoms with E-state index in [4.69, 9.17) is 11.2 Å². The topological polar surface area (TPSA) is 29.5 Å². The normalized spacial score (nSPS) is 9.27. The Kier molecular flexibility index (Phi) is 5.22. The first-order valence-electron chi connectivity index (χ1n) is 3.48. The molecule has 0 aromatic rings. The van der Waals surface area contributed by atoms with Crippen LogP contribution < -0.4 is 0 Å². The molecule has 0 saturated carbocycles. The lowest BCUT2D eigenvalue weighted by molar-refractivity contribution is -0.143. The Morgan fingerprint density at radius 2 is 2.36 bits per heavy atom. The highest BCUT2D eigenvalue weighted by atomic mass is 16.5. The van der Waals surface area contributed by atoms with Crippen molar-refractivity contribution in [3.05, 3.63) is 0 Å². The summed E-state index contributed by atoms with van der Waals surface area (Å²) < 4.78 is 4.71. The third-order valence-corrected chi connectivity index (χ3v) is 1.07. The van der Waals surface area contributed by atoms with E-state index in [9.17, 15) is 4.79 Å². The summed E-state index contributed by atoms with van der Waals surface area (Å²) in [7, 11) is 1.77. The van der Waals surface area contributed by atoms with Crippen molar-refractivity contribution in [2.45, 2.75) is 6.92 Å². The molecule has 0 N–H and O–H groups in total. The number of nitrogens with zero attached hydrogens (tertiary/aromatic N) is 1. The predicted molar refractivity (Wildman–Crippen MR) is 43.0 cm³/mol. The zero-order valence-corrected chi connectivity index (χ0v) is 6.96. The molecular formula is C8H13NO2. The predicted octanol–water partition coefficient (Wildman–Crippen LogP) is 0.114. The van der Waals surface area contributed by atoms with Crippen LogP contribution in [0.15, 0.2) is 0 Å². The maximum Gasteiger partial charge on any atom is 0.320 e. The molecule has 3 heteroatoms. The summed E-state index contributed by atoms with van der Waals surface area (Å²) in [6, 6.07) is 0. The second-order valence-corrected chi connectivity index (χ2v) is 2.18. The average molecular weight is 155 g/mol. The van der Waals surface area contributed by atoms with Gasteiger partial charge < -0.3 is 4.74 Å². The summed E-state index contributed by atoms with van der Waals surface area (Å²) in [5, 5.41) is 0. The van der Waals surface area contributed by atoms with E-state index in [1.807, 2.05) is 0 Å². The molecule has 0 spiro atoms. The van der Waals surface area contributed by atoms with Gasteiger partial charge in [0.2, 0.25) is 0 Å². The third-order valence-electron chi connectivity index (χ3n) is 1.07. The number of carbonyl (C=O) groups excluding carboxylic acids is 1. The summed E-state index contributed by atoms with van der Waals surface area (Å²) >= 11 is 0. The third kappa shape index (κ3) is 5.43. The molecule has 0 fully saturated rings. The van der Waals surface area contributed by atoms with E-state index in [0.717, 1.165) is 0 Å². The van der Waals surface area contributed by atoms with Crippen LogP contribution in [0.1, 0.15) is 6.92 Å². The van der Waals surface area contributed by atoms with Crippen molar-refractivity contribution in [3.8, 4) is 12.3 Å². The van der Waals surface area contributed by atoms with E-state index >= 15 is 0 Å². The van der Waals surface area contributed by atoms with Crippen LogP contribution >= 0.6 is 0 Å². The molecule has 0 unspecified atom stereocenters. The fourth-order valence-corrected chi connectivity index (χ4v) is 0.639. The van der Waals surface area contributed by atoms with E-state index in [1.54, 1.807) is 18.9 Å². The Bertz CT molecular complexity index is 160. The number of terminal acetylenes is 1. The van der Waals surface area contributed by atoms with Gasteiger partial charge in [0.15, 0.2) is 0 Å². The van der Waals surface area contributed by atoms with Gasteiger partial charge in [-0.05, 0) is 14.0 Å². The SMILES string of the molecule is C#CCN(C)CC(=O)OCC. The summed E-state index contributed by atoms with van der Waals surface area (Å²) in [5.41, 5.74) is 0. The van der Waals surface area contributed by atoms with Gasteiger partial charge in [0.05, 0.1) is 19.7 Å². The van der Waals surface area contributed by atoms with Crippen molar-refractivity contribution in [1.82, 2.24) is 4.90 Å². The summed E-state index contributed by atoms with van der Waals surface area (Å²) in [6.07, 6.45) is 5.04. The quantitative estimate of drug-likeness (QED) is 0.426. The van der Waals surface area contributed by atoms with Gasteiger partial charge in [-0.3, -0.25) is 9.69 Å². The fraction of sp³-hybridized carbons (Fsp3) is 0.625. The molecule has 62 valence electrons. The van der Waals surface area contributed by atoms with E-state index in [-0.39, 0.29) is 12.5 Å². The Morgan fingerprint density at radius 1 is 1.73 bits per heavy atom. The van der Waals surface area contributed by atoms with Crippen LogP contribution in [0.3, 0.4) is 0 Å². The standard InChI is InChI=1S/C8H13NO2/c1-4-6-9(3)7-8(10)11-5-2/h1H,5-7H2,2-3H3. The molecule has 0 aromatic carbocycles. The second-order valence-electron chi connectivity index (χ2n) is 2.18. The van der Waals surface area contributed by atoms with Crippen molar-refractivity contribution in [1.29, 1.82) is 0 Å². The highest BCUT2D eigenvalue weighted by molar-refractivity contribution is 5.71. The van der Waals surface area contributed by atoms with Gasteiger partial charge in [-0.25, -0.2) is 0 Å². The van der Waals surface area contributed by atoms with Gasteiger partial charge >= 0.3 is 5.97 Å². The minimum absolute atomic E-state index is 0.231. The number of hydrogen-bond acceptors (Lipinski definition) is 3. The number of hydrogen-bond donors (Lipinski definition) is 0. The molecule has 0 atom stereocenters. The van der Waals surface area contributed by atoms with Crippen molar-refractivity contribution in [2.24, 2.45) is 0 Å². The van der Waals surface area contributed by atoms with Gasteiger partial charge in [0.1, 0.15) is 0 Å². The minimum Gasteiger partial charge on any atom is -0.465 e. The van der Waals surface area contributed by atoms with Gasteiger partial charge in [-0.15, -0.1) is 6.42 Å². The van der Waals surface area contributed by atoms with E-state index < -0.39 is 0 Å². The first-order valence-corrected chi connectivity index (χ1v) is 3.48. The van der Waals surface area contributed by atoms with Gasteiger partial charge in [0.25, 0.3) is 0 Å². The van der Waals surface area contributed by atoms with E-state index in [1.165, 1.54) is 0 Å². The fourth-order valence-electron chi connectivity index (χ4n) is 0.639. The molecule has 0 saturated heterocycles. The lowest BCUT2D eigenvalue weighted by Crippen LogP contribution is -2.27. The number of ether oxygens (including phenoxy) is 1. The average Bonchev–Trinajstić information content (AvgIpc) is 1.87. The molecular weight excluding hydrogens is 142 g/mol. The van der Waals surface area contributed by atoms with Crippen LogP contribution in [0, 0.1) is 12.3 Å². The van der Waals surface area contributed by atoms with Crippen molar-refractivity contribution < 1.29 is 9.53 Å². The van der Waals surface area contributed by atoms with Crippen LogP contribution in [0.4, 0.5) is 0 Å². The van der Waals surface area contributed by atoms with Crippen LogP contribution in [0.5, 0.6) is 0 Å². The Balaban J connectivity index is 3.50. The Morgan fingerprint density at radius 3 is 2.82 bits per heavy atom. The highest BCUT2D eigenvalue weighted by Crippen LogP contribution is 1.83. The molecule has 0 radical (unpaired) electrons. The smallest absolute Gasteiger partial charge is 0.320 e. The Labute approximate surface area is 67.3 Å². The molecule has 0 amide bonds. The second kappa shape index (κ2) is 5.75. The van der Waals surface area contributed by atoms with Crippen molar-refractivity contribution in [3.63, 3.8) is 0 Å². The zero-order chi connectivity index (χ0) is 8.69. The molecule has 0 aliphatic heterocycles. The Hall–Kier alpha value is -1.01. The maximum absolute atomic E-state index is 10.8. The van der Waals surface area contributed by atoms with E-state index in [0.29, 0.717) is 13.2 Å². The molecule has 0 rings (SSSR count). The van der Waals surface area contributed by atoms with Gasteiger partial charge in [-0.1, -0.05) is 5.92 Å². The minimum atomic E-state index is -0.231. The van der Waals surface area contributed by atoms with Crippen LogP contribution in [-0.2, 0) is 9.53 Å². The lowest BCUT2D eigenvalue weighted by atomic mass is 10.5.